The summed E-state index contributed by atoms with van der Waals surface area (Å²) in [5.41, 5.74) is 0. The summed E-state index contributed by atoms with van der Waals surface area (Å²) in [6.07, 6.45) is 5.85. The molecule has 2 rings (SSSR count). The van der Waals surface area contributed by atoms with E-state index >= 15 is 0 Å². The third-order valence-electron chi connectivity index (χ3n) is 3.44. The SMILES string of the molecule is CC(CNc1ncc(Br)cc1Cl)CN1CCCCC1. The van der Waals surface area contributed by atoms with Crippen molar-refractivity contribution in [2.24, 2.45) is 5.92 Å². The molecule has 0 amide bonds. The summed E-state index contributed by atoms with van der Waals surface area (Å²) in [7, 11) is 0. The maximum Gasteiger partial charge on any atom is 0.144 e. The number of hydrogen-bond acceptors (Lipinski definition) is 3. The highest BCUT2D eigenvalue weighted by Gasteiger charge is 2.13. The van der Waals surface area contributed by atoms with Crippen LogP contribution in [0.15, 0.2) is 16.7 Å². The van der Waals surface area contributed by atoms with E-state index in [0.717, 1.165) is 23.4 Å². The molecule has 1 aliphatic heterocycles. The van der Waals surface area contributed by atoms with E-state index in [4.69, 9.17) is 11.6 Å². The predicted octanol–water partition coefficient (Wildman–Crippen LogP) is 4.03. The molecule has 0 bridgehead atoms. The smallest absolute Gasteiger partial charge is 0.144 e. The Balaban J connectivity index is 1.77. The number of pyridine rings is 1. The van der Waals surface area contributed by atoms with Crippen LogP contribution in [0.25, 0.3) is 0 Å². The van der Waals surface area contributed by atoms with Crippen molar-refractivity contribution in [3.05, 3.63) is 21.8 Å². The molecule has 1 atom stereocenters. The third kappa shape index (κ3) is 4.93. The maximum absolute atomic E-state index is 6.14. The molecule has 1 aliphatic rings. The Labute approximate surface area is 128 Å². The van der Waals surface area contributed by atoms with Gasteiger partial charge in [-0.1, -0.05) is 24.9 Å². The molecule has 3 nitrogen and oxygen atoms in total. The summed E-state index contributed by atoms with van der Waals surface area (Å²) < 4.78 is 0.907. The van der Waals surface area contributed by atoms with E-state index in [1.54, 1.807) is 6.20 Å². The second kappa shape index (κ2) is 7.46. The Kier molecular flexibility index (Phi) is 5.92. The van der Waals surface area contributed by atoms with Gasteiger partial charge in [0.1, 0.15) is 5.82 Å². The fourth-order valence-electron chi connectivity index (χ4n) is 2.46. The van der Waals surface area contributed by atoms with Crippen LogP contribution >= 0.6 is 27.5 Å². The number of anilines is 1. The highest BCUT2D eigenvalue weighted by molar-refractivity contribution is 9.10. The van der Waals surface area contributed by atoms with E-state index in [1.807, 2.05) is 6.07 Å². The van der Waals surface area contributed by atoms with Gasteiger partial charge in [-0.05, 0) is 53.8 Å². The van der Waals surface area contributed by atoms with Crippen molar-refractivity contribution in [3.63, 3.8) is 0 Å². The summed E-state index contributed by atoms with van der Waals surface area (Å²) in [6.45, 7) is 6.84. The van der Waals surface area contributed by atoms with Gasteiger partial charge >= 0.3 is 0 Å². The Morgan fingerprint density at radius 1 is 1.42 bits per heavy atom. The zero-order valence-corrected chi connectivity index (χ0v) is 13.7. The van der Waals surface area contributed by atoms with Crippen LogP contribution in [-0.4, -0.2) is 36.1 Å². The van der Waals surface area contributed by atoms with Crippen molar-refractivity contribution in [2.75, 3.05) is 31.5 Å². The lowest BCUT2D eigenvalue weighted by Crippen LogP contribution is -2.35. The number of hydrogen-bond donors (Lipinski definition) is 1. The molecule has 5 heteroatoms. The molecule has 0 aromatic carbocycles. The standard InChI is InChI=1S/C14H21BrClN3/c1-11(10-19-5-3-2-4-6-19)8-17-14-13(16)7-12(15)9-18-14/h7,9,11H,2-6,8,10H2,1H3,(H,17,18). The number of piperidine rings is 1. The van der Waals surface area contributed by atoms with Gasteiger partial charge in [-0.2, -0.15) is 0 Å². The molecule has 1 saturated heterocycles. The Bertz CT molecular complexity index is 408. The molecule has 0 aliphatic carbocycles. The minimum atomic E-state index is 0.597. The Morgan fingerprint density at radius 2 is 2.16 bits per heavy atom. The van der Waals surface area contributed by atoms with E-state index in [2.05, 4.69) is 38.1 Å². The van der Waals surface area contributed by atoms with Gasteiger partial charge in [0.15, 0.2) is 0 Å². The van der Waals surface area contributed by atoms with Gasteiger partial charge in [0.2, 0.25) is 0 Å². The van der Waals surface area contributed by atoms with E-state index in [1.165, 1.54) is 32.4 Å². The van der Waals surface area contributed by atoms with Crippen LogP contribution in [0.4, 0.5) is 5.82 Å². The molecule has 0 radical (unpaired) electrons. The highest BCUT2D eigenvalue weighted by atomic mass is 79.9. The molecule has 19 heavy (non-hydrogen) atoms. The van der Waals surface area contributed by atoms with Crippen LogP contribution < -0.4 is 5.32 Å². The van der Waals surface area contributed by atoms with Crippen molar-refractivity contribution in [1.29, 1.82) is 0 Å². The topological polar surface area (TPSA) is 28.2 Å². The number of rotatable bonds is 5. The van der Waals surface area contributed by atoms with Crippen molar-refractivity contribution in [3.8, 4) is 0 Å². The van der Waals surface area contributed by atoms with Crippen LogP contribution in [0.5, 0.6) is 0 Å². The minimum absolute atomic E-state index is 0.597. The maximum atomic E-state index is 6.14. The Morgan fingerprint density at radius 3 is 2.84 bits per heavy atom. The number of likely N-dealkylation sites (tertiary alicyclic amines) is 1. The van der Waals surface area contributed by atoms with Crippen LogP contribution in [0.1, 0.15) is 26.2 Å². The average molecular weight is 347 g/mol. The van der Waals surface area contributed by atoms with Crippen molar-refractivity contribution >= 4 is 33.3 Å². The Hall–Kier alpha value is -0.320. The number of nitrogens with one attached hydrogen (secondary N) is 1. The van der Waals surface area contributed by atoms with Crippen LogP contribution in [0, 0.1) is 5.92 Å². The van der Waals surface area contributed by atoms with Gasteiger partial charge in [0.05, 0.1) is 5.02 Å². The first-order valence-corrected chi connectivity index (χ1v) is 8.09. The lowest BCUT2D eigenvalue weighted by atomic mass is 10.1. The fraction of sp³-hybridized carbons (Fsp3) is 0.643. The van der Waals surface area contributed by atoms with E-state index in [9.17, 15) is 0 Å². The molecule has 1 aromatic rings. The first-order valence-electron chi connectivity index (χ1n) is 6.92. The number of aromatic nitrogens is 1. The molecule has 2 heterocycles. The van der Waals surface area contributed by atoms with Crippen molar-refractivity contribution < 1.29 is 0 Å². The monoisotopic (exact) mass is 345 g/mol. The summed E-state index contributed by atoms with van der Waals surface area (Å²) in [6, 6.07) is 1.87. The quantitative estimate of drug-likeness (QED) is 0.872. The molecule has 1 fully saturated rings. The normalized spacial score (nSPS) is 18.3. The van der Waals surface area contributed by atoms with Crippen molar-refractivity contribution in [1.82, 2.24) is 9.88 Å². The van der Waals surface area contributed by atoms with Crippen LogP contribution in [-0.2, 0) is 0 Å². The molecular formula is C14H21BrClN3. The van der Waals surface area contributed by atoms with E-state index in [0.29, 0.717) is 10.9 Å². The largest absolute Gasteiger partial charge is 0.369 e. The lowest BCUT2D eigenvalue weighted by Gasteiger charge is -2.29. The average Bonchev–Trinajstić information content (AvgIpc) is 2.39. The van der Waals surface area contributed by atoms with Gasteiger partial charge in [-0.15, -0.1) is 0 Å². The number of nitrogens with zero attached hydrogens (tertiary/aromatic N) is 2. The first-order chi connectivity index (χ1) is 9.15. The second-order valence-corrected chi connectivity index (χ2v) is 6.65. The van der Waals surface area contributed by atoms with E-state index in [-0.39, 0.29) is 0 Å². The second-order valence-electron chi connectivity index (χ2n) is 5.33. The molecule has 1 unspecified atom stereocenters. The highest BCUT2D eigenvalue weighted by Crippen LogP contribution is 2.23. The third-order valence-corrected chi connectivity index (χ3v) is 4.17. The first kappa shape index (κ1) is 15.1. The van der Waals surface area contributed by atoms with Gasteiger partial charge in [-0.25, -0.2) is 4.98 Å². The van der Waals surface area contributed by atoms with Gasteiger partial charge in [-0.3, -0.25) is 0 Å². The molecule has 1 N–H and O–H groups in total. The van der Waals surface area contributed by atoms with Crippen molar-refractivity contribution in [2.45, 2.75) is 26.2 Å². The summed E-state index contributed by atoms with van der Waals surface area (Å²) in [5, 5.41) is 4.01. The zero-order valence-electron chi connectivity index (χ0n) is 11.3. The summed E-state index contributed by atoms with van der Waals surface area (Å²) in [4.78, 5) is 6.86. The van der Waals surface area contributed by atoms with Gasteiger partial charge in [0.25, 0.3) is 0 Å². The summed E-state index contributed by atoms with van der Waals surface area (Å²) >= 11 is 9.50. The molecule has 1 aromatic heterocycles. The fourth-order valence-corrected chi connectivity index (χ4v) is 3.16. The minimum Gasteiger partial charge on any atom is -0.369 e. The molecule has 0 saturated carbocycles. The molecule has 0 spiro atoms. The zero-order chi connectivity index (χ0) is 13.7. The molecular weight excluding hydrogens is 326 g/mol. The van der Waals surface area contributed by atoms with Gasteiger partial charge < -0.3 is 10.2 Å². The predicted molar refractivity (Wildman–Crippen MR) is 84.9 cm³/mol. The lowest BCUT2D eigenvalue weighted by molar-refractivity contribution is 0.204. The molecule has 106 valence electrons. The number of halogens is 2. The van der Waals surface area contributed by atoms with E-state index < -0.39 is 0 Å². The summed E-state index contributed by atoms with van der Waals surface area (Å²) in [5.74, 6) is 1.37. The van der Waals surface area contributed by atoms with Gasteiger partial charge in [0, 0.05) is 23.8 Å². The van der Waals surface area contributed by atoms with Crippen LogP contribution in [0.2, 0.25) is 5.02 Å². The van der Waals surface area contributed by atoms with Crippen LogP contribution in [0.3, 0.4) is 0 Å².